The van der Waals surface area contributed by atoms with Crippen LogP contribution in [0.4, 0.5) is 0 Å². The number of carbonyl (C=O) groups is 2. The molecular formula is C18H19NO5. The van der Waals surface area contributed by atoms with Crippen LogP contribution in [0.15, 0.2) is 48.5 Å². The smallest absolute Gasteiger partial charge is 0.325 e. The van der Waals surface area contributed by atoms with Crippen LogP contribution in [0.3, 0.4) is 0 Å². The van der Waals surface area contributed by atoms with Crippen LogP contribution in [0.1, 0.15) is 15.9 Å². The van der Waals surface area contributed by atoms with E-state index in [0.29, 0.717) is 22.6 Å². The van der Waals surface area contributed by atoms with Crippen molar-refractivity contribution in [3.8, 4) is 11.5 Å². The average molecular weight is 329 g/mol. The van der Waals surface area contributed by atoms with Gasteiger partial charge in [-0.25, -0.2) is 0 Å². The molecule has 6 heteroatoms. The molecule has 0 aliphatic rings. The van der Waals surface area contributed by atoms with E-state index >= 15 is 0 Å². The Morgan fingerprint density at radius 3 is 2.42 bits per heavy atom. The summed E-state index contributed by atoms with van der Waals surface area (Å²) in [5.74, 6) is 0.367. The number of hydrogen-bond donors (Lipinski definition) is 1. The van der Waals surface area contributed by atoms with Crippen LogP contribution in [0.5, 0.6) is 11.5 Å². The third-order valence-corrected chi connectivity index (χ3v) is 3.31. The Bertz CT molecular complexity index is 700. The summed E-state index contributed by atoms with van der Waals surface area (Å²) in [5, 5.41) is 2.52. The van der Waals surface area contributed by atoms with E-state index in [-0.39, 0.29) is 19.1 Å². The number of methoxy groups -OCH3 is 2. The lowest BCUT2D eigenvalue weighted by atomic mass is 10.2. The van der Waals surface area contributed by atoms with E-state index in [2.05, 4.69) is 5.32 Å². The van der Waals surface area contributed by atoms with Crippen LogP contribution >= 0.6 is 0 Å². The molecule has 6 nitrogen and oxygen atoms in total. The predicted molar refractivity (Wildman–Crippen MR) is 88.1 cm³/mol. The van der Waals surface area contributed by atoms with Gasteiger partial charge in [0.05, 0.1) is 14.2 Å². The second-order valence-electron chi connectivity index (χ2n) is 4.89. The first-order valence-corrected chi connectivity index (χ1v) is 7.34. The quantitative estimate of drug-likeness (QED) is 0.788. The molecule has 1 amide bonds. The van der Waals surface area contributed by atoms with Crippen LogP contribution < -0.4 is 14.8 Å². The molecule has 0 bridgehead atoms. The molecule has 0 aliphatic heterocycles. The number of nitrogens with one attached hydrogen (secondary N) is 1. The maximum Gasteiger partial charge on any atom is 0.325 e. The highest BCUT2D eigenvalue weighted by Gasteiger charge is 2.11. The number of amides is 1. The number of rotatable bonds is 7. The largest absolute Gasteiger partial charge is 0.497 e. The van der Waals surface area contributed by atoms with Gasteiger partial charge in [-0.15, -0.1) is 0 Å². The number of benzene rings is 2. The minimum atomic E-state index is -0.538. The molecule has 2 aromatic carbocycles. The van der Waals surface area contributed by atoms with E-state index < -0.39 is 5.97 Å². The maximum atomic E-state index is 11.9. The van der Waals surface area contributed by atoms with Crippen molar-refractivity contribution in [2.45, 2.75) is 6.61 Å². The summed E-state index contributed by atoms with van der Waals surface area (Å²) >= 11 is 0. The molecule has 0 spiro atoms. The highest BCUT2D eigenvalue weighted by Crippen LogP contribution is 2.24. The molecule has 126 valence electrons. The van der Waals surface area contributed by atoms with Gasteiger partial charge in [0.1, 0.15) is 24.7 Å². The van der Waals surface area contributed by atoms with E-state index in [1.165, 1.54) is 7.11 Å². The third kappa shape index (κ3) is 4.74. The van der Waals surface area contributed by atoms with E-state index in [1.807, 2.05) is 6.07 Å². The summed E-state index contributed by atoms with van der Waals surface area (Å²) < 4.78 is 15.5. The summed E-state index contributed by atoms with van der Waals surface area (Å²) in [7, 11) is 3.09. The van der Waals surface area contributed by atoms with Gasteiger partial charge in [-0.3, -0.25) is 9.59 Å². The molecule has 0 saturated heterocycles. The molecule has 0 heterocycles. The summed E-state index contributed by atoms with van der Waals surface area (Å²) in [6.07, 6.45) is 0. The normalized spacial score (nSPS) is 9.92. The van der Waals surface area contributed by atoms with Gasteiger partial charge in [0, 0.05) is 11.1 Å². The third-order valence-electron chi connectivity index (χ3n) is 3.31. The van der Waals surface area contributed by atoms with Crippen molar-refractivity contribution in [1.29, 1.82) is 0 Å². The first-order valence-electron chi connectivity index (χ1n) is 7.34. The number of carbonyl (C=O) groups excluding carboxylic acids is 2. The molecule has 0 saturated carbocycles. The lowest BCUT2D eigenvalue weighted by Crippen LogP contribution is -2.30. The fourth-order valence-corrected chi connectivity index (χ4v) is 2.05. The summed E-state index contributed by atoms with van der Waals surface area (Å²) in [4.78, 5) is 23.6. The lowest BCUT2D eigenvalue weighted by molar-refractivity contribution is -0.143. The van der Waals surface area contributed by atoms with Crippen LogP contribution in [0.25, 0.3) is 0 Å². The van der Waals surface area contributed by atoms with Gasteiger partial charge < -0.3 is 19.5 Å². The zero-order valence-corrected chi connectivity index (χ0v) is 13.6. The molecule has 0 fully saturated rings. The molecule has 1 N–H and O–H groups in total. The second kappa shape index (κ2) is 8.57. The topological polar surface area (TPSA) is 73.9 Å². The number of esters is 1. The van der Waals surface area contributed by atoms with Gasteiger partial charge in [-0.05, 0) is 30.3 Å². The Labute approximate surface area is 140 Å². The number of hydrogen-bond acceptors (Lipinski definition) is 5. The minimum absolute atomic E-state index is 0.0282. The standard InChI is InChI=1S/C18H19NO5/c1-22-15-8-9-16(23-2)14(10-15)12-24-17(20)11-19-18(21)13-6-4-3-5-7-13/h3-10H,11-12H2,1-2H3,(H,19,21). The molecule has 0 unspecified atom stereocenters. The molecule has 24 heavy (non-hydrogen) atoms. The Balaban J connectivity index is 1.86. The SMILES string of the molecule is COc1ccc(OC)c(COC(=O)CNC(=O)c2ccccc2)c1. The fraction of sp³-hybridized carbons (Fsp3) is 0.222. The van der Waals surface area contributed by atoms with E-state index in [1.54, 1.807) is 49.6 Å². The van der Waals surface area contributed by atoms with Crippen molar-refractivity contribution >= 4 is 11.9 Å². The van der Waals surface area contributed by atoms with Gasteiger partial charge in [0.2, 0.25) is 0 Å². The molecular weight excluding hydrogens is 310 g/mol. The Morgan fingerprint density at radius 1 is 1.00 bits per heavy atom. The number of ether oxygens (including phenoxy) is 3. The predicted octanol–water partition coefficient (Wildman–Crippen LogP) is 2.18. The van der Waals surface area contributed by atoms with Crippen LogP contribution in [0, 0.1) is 0 Å². The van der Waals surface area contributed by atoms with Crippen molar-refractivity contribution in [3.63, 3.8) is 0 Å². The van der Waals surface area contributed by atoms with Gasteiger partial charge in [-0.1, -0.05) is 18.2 Å². The average Bonchev–Trinajstić information content (AvgIpc) is 2.64. The molecule has 0 aromatic heterocycles. The molecule has 0 atom stereocenters. The minimum Gasteiger partial charge on any atom is -0.497 e. The van der Waals surface area contributed by atoms with Crippen molar-refractivity contribution in [2.75, 3.05) is 20.8 Å². The highest BCUT2D eigenvalue weighted by molar-refractivity contribution is 5.95. The van der Waals surface area contributed by atoms with E-state index in [0.717, 1.165) is 0 Å². The van der Waals surface area contributed by atoms with Gasteiger partial charge in [0.15, 0.2) is 0 Å². The van der Waals surface area contributed by atoms with Gasteiger partial charge >= 0.3 is 5.97 Å². The van der Waals surface area contributed by atoms with Gasteiger partial charge in [0.25, 0.3) is 5.91 Å². The maximum absolute atomic E-state index is 11.9. The monoisotopic (exact) mass is 329 g/mol. The molecule has 2 rings (SSSR count). The van der Waals surface area contributed by atoms with Crippen LogP contribution in [-0.4, -0.2) is 32.6 Å². The zero-order chi connectivity index (χ0) is 17.4. The summed E-state index contributed by atoms with van der Waals surface area (Å²) in [6, 6.07) is 13.9. The summed E-state index contributed by atoms with van der Waals surface area (Å²) in [5.41, 5.74) is 1.17. The molecule has 2 aromatic rings. The second-order valence-corrected chi connectivity index (χ2v) is 4.89. The van der Waals surface area contributed by atoms with E-state index in [4.69, 9.17) is 14.2 Å². The van der Waals surface area contributed by atoms with E-state index in [9.17, 15) is 9.59 Å². The lowest BCUT2D eigenvalue weighted by Gasteiger charge is -2.11. The fourth-order valence-electron chi connectivity index (χ4n) is 2.05. The molecule has 0 aliphatic carbocycles. The first-order chi connectivity index (χ1) is 11.6. The van der Waals surface area contributed by atoms with Gasteiger partial charge in [-0.2, -0.15) is 0 Å². The van der Waals surface area contributed by atoms with Crippen molar-refractivity contribution < 1.29 is 23.8 Å². The Morgan fingerprint density at radius 2 is 1.75 bits per heavy atom. The van der Waals surface area contributed by atoms with Crippen LogP contribution in [-0.2, 0) is 16.1 Å². The van der Waals surface area contributed by atoms with Crippen molar-refractivity contribution in [3.05, 3.63) is 59.7 Å². The zero-order valence-electron chi connectivity index (χ0n) is 13.6. The van der Waals surface area contributed by atoms with Crippen molar-refractivity contribution in [1.82, 2.24) is 5.32 Å². The Kier molecular flexibility index (Phi) is 6.19. The van der Waals surface area contributed by atoms with Crippen molar-refractivity contribution in [2.24, 2.45) is 0 Å². The summed E-state index contributed by atoms with van der Waals surface area (Å²) in [6.45, 7) is -0.180. The van der Waals surface area contributed by atoms with Crippen LogP contribution in [0.2, 0.25) is 0 Å². The molecule has 0 radical (unpaired) electrons. The Hall–Kier alpha value is -3.02. The first kappa shape index (κ1) is 17.3. The highest BCUT2D eigenvalue weighted by atomic mass is 16.5.